The van der Waals surface area contributed by atoms with E-state index in [2.05, 4.69) is 17.9 Å². The molecule has 0 N–H and O–H groups in total. The molecule has 1 aliphatic heterocycles. The number of unbranched alkanes of at least 4 members (excludes halogenated alkanes) is 9. The molecule has 1 heterocycles. The zero-order valence-corrected chi connectivity index (χ0v) is 26.8. The molecule has 0 amide bonds. The molecule has 3 rings (SSSR count). The number of carbonyl (C=O) groups is 1. The number of benzene rings is 2. The van der Waals surface area contributed by atoms with Gasteiger partial charge in [-0.05, 0) is 93.7 Å². The predicted octanol–water partition coefficient (Wildman–Crippen LogP) is 9.29. The first-order chi connectivity index (χ1) is 21.0. The maximum atomic E-state index is 13.2. The molecule has 0 aliphatic carbocycles. The molecule has 1 unspecified atom stereocenters. The monoisotopic (exact) mass is 592 g/mol. The number of Topliss-reactive ketones (excluding diaryl/α,β-unsaturated/α-hetero) is 1. The number of nitriles is 1. The fourth-order valence-electron chi connectivity index (χ4n) is 6.49. The number of rotatable bonds is 20. The van der Waals surface area contributed by atoms with Gasteiger partial charge in [0.25, 0.3) is 0 Å². The molecular formula is C37H53FN2O3. The third-order valence-electron chi connectivity index (χ3n) is 9.27. The van der Waals surface area contributed by atoms with Crippen molar-refractivity contribution in [3.8, 4) is 17.6 Å². The average Bonchev–Trinajstić information content (AvgIpc) is 3.05. The van der Waals surface area contributed by atoms with Crippen LogP contribution in [-0.4, -0.2) is 44.5 Å². The lowest BCUT2D eigenvalue weighted by Gasteiger charge is -2.31. The van der Waals surface area contributed by atoms with E-state index in [1.165, 1.54) is 57.1 Å². The Morgan fingerprint density at radius 2 is 1.44 bits per heavy atom. The van der Waals surface area contributed by atoms with Gasteiger partial charge in [0.1, 0.15) is 5.82 Å². The number of nitrogens with zero attached hydrogens (tertiary/aromatic N) is 2. The van der Waals surface area contributed by atoms with E-state index in [9.17, 15) is 14.4 Å². The molecule has 2 aromatic carbocycles. The van der Waals surface area contributed by atoms with Gasteiger partial charge in [0.15, 0.2) is 17.3 Å². The standard InChI is InChI=1S/C37H53FN2O3/c1-4-5-6-7-8-9-10-12-23-37(29-39,32-17-20-34(42-2)35(28-32)43-3)24-13-11-14-25-40-26-21-31(22-27-40)36(41)30-15-18-33(38)19-16-30/h15-20,28,31H,4-14,21-27H2,1-3H3. The Morgan fingerprint density at radius 1 is 0.860 bits per heavy atom. The van der Waals surface area contributed by atoms with Crippen LogP contribution in [0.2, 0.25) is 0 Å². The van der Waals surface area contributed by atoms with Gasteiger partial charge in [-0.15, -0.1) is 0 Å². The summed E-state index contributed by atoms with van der Waals surface area (Å²) in [6.45, 7) is 5.11. The molecule has 0 radical (unpaired) electrons. The molecule has 5 nitrogen and oxygen atoms in total. The van der Waals surface area contributed by atoms with Crippen molar-refractivity contribution in [2.24, 2.45) is 5.92 Å². The minimum atomic E-state index is -0.527. The van der Waals surface area contributed by atoms with Gasteiger partial charge >= 0.3 is 0 Å². The summed E-state index contributed by atoms with van der Waals surface area (Å²) in [6, 6.07) is 14.7. The third kappa shape index (κ3) is 10.6. The maximum absolute atomic E-state index is 13.2. The number of halogens is 1. The Bertz CT molecular complexity index is 1140. The van der Waals surface area contributed by atoms with E-state index < -0.39 is 5.41 Å². The zero-order valence-electron chi connectivity index (χ0n) is 26.8. The summed E-state index contributed by atoms with van der Waals surface area (Å²) in [6.07, 6.45) is 16.6. The SMILES string of the molecule is CCCCCCCCCCC(C#N)(CCCCCN1CCC(C(=O)c2ccc(F)cc2)CC1)c1ccc(OC)c(OC)c1. The highest BCUT2D eigenvalue weighted by Gasteiger charge is 2.32. The van der Waals surface area contributed by atoms with Gasteiger partial charge in [-0.1, -0.05) is 77.2 Å². The first-order valence-corrected chi connectivity index (χ1v) is 16.6. The Kier molecular flexibility index (Phi) is 15.0. The number of piperidine rings is 1. The molecule has 0 spiro atoms. The number of hydrogen-bond acceptors (Lipinski definition) is 5. The smallest absolute Gasteiger partial charge is 0.166 e. The Balaban J connectivity index is 1.49. The van der Waals surface area contributed by atoms with Crippen molar-refractivity contribution in [3.63, 3.8) is 0 Å². The van der Waals surface area contributed by atoms with Crippen LogP contribution in [0.15, 0.2) is 42.5 Å². The van der Waals surface area contributed by atoms with Gasteiger partial charge in [0.05, 0.1) is 25.7 Å². The summed E-state index contributed by atoms with van der Waals surface area (Å²) in [5.74, 6) is 1.22. The van der Waals surface area contributed by atoms with Gasteiger partial charge in [-0.2, -0.15) is 5.26 Å². The summed E-state index contributed by atoms with van der Waals surface area (Å²) in [5, 5.41) is 10.6. The van der Waals surface area contributed by atoms with E-state index in [-0.39, 0.29) is 17.5 Å². The minimum Gasteiger partial charge on any atom is -0.493 e. The van der Waals surface area contributed by atoms with Crippen LogP contribution in [0.3, 0.4) is 0 Å². The lowest BCUT2D eigenvalue weighted by Crippen LogP contribution is -2.37. The van der Waals surface area contributed by atoms with Crippen LogP contribution in [-0.2, 0) is 5.41 Å². The number of likely N-dealkylation sites (tertiary alicyclic amines) is 1. The van der Waals surface area contributed by atoms with E-state index >= 15 is 0 Å². The molecule has 1 atom stereocenters. The Labute approximate surface area is 259 Å². The predicted molar refractivity (Wildman–Crippen MR) is 172 cm³/mol. The molecule has 6 heteroatoms. The highest BCUT2D eigenvalue weighted by atomic mass is 19.1. The summed E-state index contributed by atoms with van der Waals surface area (Å²) in [7, 11) is 3.29. The number of hydrogen-bond donors (Lipinski definition) is 0. The van der Waals surface area contributed by atoms with Crippen LogP contribution in [0.4, 0.5) is 4.39 Å². The topological polar surface area (TPSA) is 62.6 Å². The fourth-order valence-corrected chi connectivity index (χ4v) is 6.49. The lowest BCUT2D eigenvalue weighted by atomic mass is 9.73. The number of methoxy groups -OCH3 is 2. The third-order valence-corrected chi connectivity index (χ3v) is 9.27. The first-order valence-electron chi connectivity index (χ1n) is 16.6. The normalized spacial score (nSPS) is 15.5. The maximum Gasteiger partial charge on any atom is 0.166 e. The lowest BCUT2D eigenvalue weighted by molar-refractivity contribution is 0.0838. The first kappa shape index (κ1) is 34.6. The van der Waals surface area contributed by atoms with Crippen molar-refractivity contribution < 1.29 is 18.7 Å². The van der Waals surface area contributed by atoms with Crippen molar-refractivity contribution >= 4 is 5.78 Å². The fraction of sp³-hybridized carbons (Fsp3) is 0.622. The van der Waals surface area contributed by atoms with Gasteiger partial charge in [-0.3, -0.25) is 4.79 Å². The molecule has 1 fully saturated rings. The van der Waals surface area contributed by atoms with E-state index in [1.54, 1.807) is 26.4 Å². The van der Waals surface area contributed by atoms with Crippen molar-refractivity contribution in [2.75, 3.05) is 33.9 Å². The highest BCUT2D eigenvalue weighted by molar-refractivity contribution is 5.97. The summed E-state index contributed by atoms with van der Waals surface area (Å²) >= 11 is 0. The van der Waals surface area contributed by atoms with Gasteiger partial charge in [-0.25, -0.2) is 4.39 Å². The molecule has 236 valence electrons. The molecular weight excluding hydrogens is 539 g/mol. The Hall–Kier alpha value is -2.91. The number of carbonyl (C=O) groups excluding carboxylic acids is 1. The number of ketones is 1. The average molecular weight is 593 g/mol. The van der Waals surface area contributed by atoms with Crippen LogP contribution in [0.25, 0.3) is 0 Å². The van der Waals surface area contributed by atoms with E-state index in [0.29, 0.717) is 17.1 Å². The number of ether oxygens (including phenoxy) is 2. The largest absolute Gasteiger partial charge is 0.493 e. The zero-order chi connectivity index (χ0) is 30.9. The van der Waals surface area contributed by atoms with Crippen LogP contribution >= 0.6 is 0 Å². The highest BCUT2D eigenvalue weighted by Crippen LogP contribution is 2.39. The van der Waals surface area contributed by atoms with Crippen LogP contribution in [0.1, 0.15) is 119 Å². The molecule has 0 saturated carbocycles. The molecule has 0 bridgehead atoms. The van der Waals surface area contributed by atoms with Crippen LogP contribution < -0.4 is 9.47 Å². The van der Waals surface area contributed by atoms with Crippen molar-refractivity contribution in [2.45, 2.75) is 109 Å². The summed E-state index contributed by atoms with van der Waals surface area (Å²) in [4.78, 5) is 15.3. The van der Waals surface area contributed by atoms with Crippen LogP contribution in [0.5, 0.6) is 11.5 Å². The Morgan fingerprint density at radius 3 is 2.02 bits per heavy atom. The molecule has 0 aromatic heterocycles. The second-order valence-corrected chi connectivity index (χ2v) is 12.3. The summed E-state index contributed by atoms with van der Waals surface area (Å²) in [5.41, 5.74) is 1.12. The molecule has 1 saturated heterocycles. The van der Waals surface area contributed by atoms with Crippen molar-refractivity contribution in [3.05, 3.63) is 59.4 Å². The van der Waals surface area contributed by atoms with Crippen molar-refractivity contribution in [1.29, 1.82) is 5.26 Å². The summed E-state index contributed by atoms with van der Waals surface area (Å²) < 4.78 is 24.3. The molecule has 43 heavy (non-hydrogen) atoms. The quantitative estimate of drug-likeness (QED) is 0.113. The van der Waals surface area contributed by atoms with E-state index in [1.807, 2.05) is 18.2 Å². The molecule has 2 aromatic rings. The minimum absolute atomic E-state index is 0.0239. The van der Waals surface area contributed by atoms with E-state index in [4.69, 9.17) is 9.47 Å². The van der Waals surface area contributed by atoms with E-state index in [0.717, 1.165) is 76.6 Å². The second kappa shape index (κ2) is 18.7. The van der Waals surface area contributed by atoms with Gasteiger partial charge in [0.2, 0.25) is 0 Å². The molecule has 1 aliphatic rings. The second-order valence-electron chi connectivity index (χ2n) is 12.3. The van der Waals surface area contributed by atoms with Crippen LogP contribution in [0, 0.1) is 23.1 Å². The van der Waals surface area contributed by atoms with Gasteiger partial charge in [0, 0.05) is 11.5 Å². The van der Waals surface area contributed by atoms with Gasteiger partial charge < -0.3 is 14.4 Å². The van der Waals surface area contributed by atoms with Crippen molar-refractivity contribution in [1.82, 2.24) is 4.90 Å².